The van der Waals surface area contributed by atoms with Gasteiger partial charge in [0.1, 0.15) is 6.04 Å². The van der Waals surface area contributed by atoms with Crippen LogP contribution in [-0.4, -0.2) is 44.1 Å². The molecule has 1 unspecified atom stereocenters. The van der Waals surface area contributed by atoms with Crippen molar-refractivity contribution in [1.29, 1.82) is 0 Å². The van der Waals surface area contributed by atoms with E-state index >= 15 is 0 Å². The van der Waals surface area contributed by atoms with E-state index in [1.165, 1.54) is 0 Å². The second-order valence-electron chi connectivity index (χ2n) is 7.74. The number of carbonyl (C=O) groups is 1. The maximum Gasteiger partial charge on any atom is 0.249 e. The molecule has 3 aromatic heterocycles. The Morgan fingerprint density at radius 3 is 2.60 bits per heavy atom. The highest BCUT2D eigenvalue weighted by Gasteiger charge is 2.31. The molecule has 0 aromatic carbocycles. The van der Waals surface area contributed by atoms with Crippen molar-refractivity contribution in [3.8, 4) is 11.4 Å². The minimum absolute atomic E-state index is 0.0171. The lowest BCUT2D eigenvalue weighted by atomic mass is 9.94. The molecule has 9 nitrogen and oxygen atoms in total. The summed E-state index contributed by atoms with van der Waals surface area (Å²) in [5.74, 6) is 1.65. The van der Waals surface area contributed by atoms with Crippen molar-refractivity contribution in [3.05, 3.63) is 48.9 Å². The van der Waals surface area contributed by atoms with E-state index in [2.05, 4.69) is 35.3 Å². The minimum atomic E-state index is -0.342. The van der Waals surface area contributed by atoms with Gasteiger partial charge in [0.05, 0.1) is 0 Å². The fourth-order valence-electron chi connectivity index (χ4n) is 3.55. The first-order valence-corrected chi connectivity index (χ1v) is 10.2. The lowest BCUT2D eigenvalue weighted by Crippen LogP contribution is -2.43. The standard InChI is InChI=1S/C21H25N7O2/c1-14(2)17(20-26-18(27-30-20)16-5-3-8-22-13-16)25-19(29)15-6-11-28(12-7-15)21-23-9-4-10-24-21/h3-5,8-10,13-15,17H,6-7,11-12H2,1-2H3,(H,25,29). The van der Waals surface area contributed by atoms with Crippen LogP contribution in [0.25, 0.3) is 11.4 Å². The minimum Gasteiger partial charge on any atom is -0.344 e. The molecular weight excluding hydrogens is 382 g/mol. The Labute approximate surface area is 175 Å². The van der Waals surface area contributed by atoms with E-state index in [1.807, 2.05) is 26.0 Å². The first-order chi connectivity index (χ1) is 14.6. The monoisotopic (exact) mass is 407 g/mol. The highest BCUT2D eigenvalue weighted by Crippen LogP contribution is 2.26. The highest BCUT2D eigenvalue weighted by atomic mass is 16.5. The molecule has 1 saturated heterocycles. The average molecular weight is 407 g/mol. The Morgan fingerprint density at radius 2 is 1.93 bits per heavy atom. The van der Waals surface area contributed by atoms with Crippen molar-refractivity contribution >= 4 is 11.9 Å². The molecule has 30 heavy (non-hydrogen) atoms. The van der Waals surface area contributed by atoms with E-state index in [9.17, 15) is 4.79 Å². The molecule has 4 heterocycles. The van der Waals surface area contributed by atoms with Gasteiger partial charge in [-0.25, -0.2) is 9.97 Å². The maximum atomic E-state index is 12.9. The zero-order chi connectivity index (χ0) is 20.9. The SMILES string of the molecule is CC(C)C(NC(=O)C1CCN(c2ncccn2)CC1)c1nc(-c2cccnc2)no1. The number of hydrogen-bond donors (Lipinski definition) is 1. The normalized spacial score (nSPS) is 15.9. The molecule has 9 heteroatoms. The average Bonchev–Trinajstić information content (AvgIpc) is 3.28. The molecule has 1 aliphatic heterocycles. The van der Waals surface area contributed by atoms with Crippen LogP contribution < -0.4 is 10.2 Å². The molecule has 0 radical (unpaired) electrons. The van der Waals surface area contributed by atoms with E-state index in [0.29, 0.717) is 17.7 Å². The van der Waals surface area contributed by atoms with Gasteiger partial charge in [0.25, 0.3) is 0 Å². The molecule has 0 spiro atoms. The quantitative estimate of drug-likeness (QED) is 0.664. The summed E-state index contributed by atoms with van der Waals surface area (Å²) in [6, 6.07) is 5.15. The lowest BCUT2D eigenvalue weighted by Gasteiger charge is -2.32. The molecule has 0 saturated carbocycles. The number of carbonyl (C=O) groups excluding carboxylic acids is 1. The predicted octanol–water partition coefficient (Wildman–Crippen LogP) is 2.65. The van der Waals surface area contributed by atoms with Crippen LogP contribution in [-0.2, 0) is 4.79 Å². The van der Waals surface area contributed by atoms with Crippen molar-refractivity contribution < 1.29 is 9.32 Å². The summed E-state index contributed by atoms with van der Waals surface area (Å²) < 4.78 is 5.48. The number of pyridine rings is 1. The Balaban J connectivity index is 1.39. The smallest absolute Gasteiger partial charge is 0.249 e. The second kappa shape index (κ2) is 8.98. The summed E-state index contributed by atoms with van der Waals surface area (Å²) >= 11 is 0. The van der Waals surface area contributed by atoms with Gasteiger partial charge < -0.3 is 14.7 Å². The van der Waals surface area contributed by atoms with Crippen LogP contribution in [0.2, 0.25) is 0 Å². The van der Waals surface area contributed by atoms with Crippen molar-refractivity contribution in [2.45, 2.75) is 32.7 Å². The molecule has 1 aliphatic rings. The molecule has 156 valence electrons. The summed E-state index contributed by atoms with van der Waals surface area (Å²) in [6.45, 7) is 5.54. The largest absolute Gasteiger partial charge is 0.344 e. The van der Waals surface area contributed by atoms with Crippen LogP contribution in [0.4, 0.5) is 5.95 Å². The van der Waals surface area contributed by atoms with Gasteiger partial charge in [0, 0.05) is 49.4 Å². The van der Waals surface area contributed by atoms with Gasteiger partial charge in [-0.05, 0) is 37.0 Å². The van der Waals surface area contributed by atoms with Gasteiger partial charge in [0.2, 0.25) is 23.6 Å². The highest BCUT2D eigenvalue weighted by molar-refractivity contribution is 5.79. The van der Waals surface area contributed by atoms with Crippen LogP contribution in [0.5, 0.6) is 0 Å². The number of aromatic nitrogens is 5. The molecule has 3 aromatic rings. The molecule has 0 aliphatic carbocycles. The molecule has 1 N–H and O–H groups in total. The first kappa shape index (κ1) is 19.9. The van der Waals surface area contributed by atoms with Crippen LogP contribution in [0.1, 0.15) is 38.6 Å². The van der Waals surface area contributed by atoms with Crippen molar-refractivity contribution in [3.63, 3.8) is 0 Å². The molecular formula is C21H25N7O2. The van der Waals surface area contributed by atoms with Crippen LogP contribution >= 0.6 is 0 Å². The molecule has 4 rings (SSSR count). The Kier molecular flexibility index (Phi) is 5.97. The number of amides is 1. The van der Waals surface area contributed by atoms with Crippen molar-refractivity contribution in [1.82, 2.24) is 30.4 Å². The first-order valence-electron chi connectivity index (χ1n) is 10.2. The fraction of sp³-hybridized carbons (Fsp3) is 0.429. The Hall–Kier alpha value is -3.36. The van der Waals surface area contributed by atoms with Crippen molar-refractivity contribution in [2.75, 3.05) is 18.0 Å². The van der Waals surface area contributed by atoms with Gasteiger partial charge in [-0.3, -0.25) is 9.78 Å². The summed E-state index contributed by atoms with van der Waals surface area (Å²) in [5, 5.41) is 7.18. The summed E-state index contributed by atoms with van der Waals surface area (Å²) in [7, 11) is 0. The van der Waals surface area contributed by atoms with Gasteiger partial charge in [-0.2, -0.15) is 4.98 Å². The zero-order valence-electron chi connectivity index (χ0n) is 17.1. The van der Waals surface area contributed by atoms with E-state index in [1.54, 1.807) is 30.9 Å². The van der Waals surface area contributed by atoms with Gasteiger partial charge in [-0.1, -0.05) is 19.0 Å². The van der Waals surface area contributed by atoms with Gasteiger partial charge in [0.15, 0.2) is 0 Å². The number of hydrogen-bond acceptors (Lipinski definition) is 8. The van der Waals surface area contributed by atoms with Crippen molar-refractivity contribution in [2.24, 2.45) is 11.8 Å². The Morgan fingerprint density at radius 1 is 1.17 bits per heavy atom. The Bertz CT molecular complexity index is 954. The topological polar surface area (TPSA) is 110 Å². The number of rotatable bonds is 6. The molecule has 1 atom stereocenters. The predicted molar refractivity (Wildman–Crippen MR) is 110 cm³/mol. The number of nitrogens with zero attached hydrogens (tertiary/aromatic N) is 6. The van der Waals surface area contributed by atoms with Crippen LogP contribution in [0.15, 0.2) is 47.5 Å². The maximum absolute atomic E-state index is 12.9. The summed E-state index contributed by atoms with van der Waals surface area (Å²) in [6.07, 6.45) is 8.34. The number of nitrogens with one attached hydrogen (secondary N) is 1. The van der Waals surface area contributed by atoms with Crippen LogP contribution in [0, 0.1) is 11.8 Å². The van der Waals surface area contributed by atoms with E-state index in [4.69, 9.17) is 4.52 Å². The van der Waals surface area contributed by atoms with Gasteiger partial charge in [-0.15, -0.1) is 0 Å². The number of piperidine rings is 1. The summed E-state index contributed by atoms with van der Waals surface area (Å²) in [5.41, 5.74) is 0.775. The molecule has 1 fully saturated rings. The lowest BCUT2D eigenvalue weighted by molar-refractivity contribution is -0.126. The third kappa shape index (κ3) is 4.45. The van der Waals surface area contributed by atoms with E-state index < -0.39 is 0 Å². The zero-order valence-corrected chi connectivity index (χ0v) is 17.1. The van der Waals surface area contributed by atoms with Gasteiger partial charge >= 0.3 is 0 Å². The third-order valence-electron chi connectivity index (χ3n) is 5.29. The molecule has 0 bridgehead atoms. The van der Waals surface area contributed by atoms with Crippen LogP contribution in [0.3, 0.4) is 0 Å². The fourth-order valence-corrected chi connectivity index (χ4v) is 3.55. The van der Waals surface area contributed by atoms with E-state index in [-0.39, 0.29) is 23.8 Å². The summed E-state index contributed by atoms with van der Waals surface area (Å²) in [4.78, 5) is 32.2. The third-order valence-corrected chi connectivity index (χ3v) is 5.29. The number of anilines is 1. The molecule has 1 amide bonds. The van der Waals surface area contributed by atoms with E-state index in [0.717, 1.165) is 31.5 Å². The second-order valence-corrected chi connectivity index (χ2v) is 7.74.